The summed E-state index contributed by atoms with van der Waals surface area (Å²) in [5, 5.41) is 5.25. The van der Waals surface area contributed by atoms with Gasteiger partial charge in [0.25, 0.3) is 5.91 Å². The second-order valence-electron chi connectivity index (χ2n) is 4.64. The number of urea groups is 1. The summed E-state index contributed by atoms with van der Waals surface area (Å²) >= 11 is 0. The van der Waals surface area contributed by atoms with E-state index in [1.54, 1.807) is 0 Å². The Bertz CT molecular complexity index is 536. The van der Waals surface area contributed by atoms with Crippen molar-refractivity contribution in [1.29, 1.82) is 0 Å². The van der Waals surface area contributed by atoms with Crippen LogP contribution in [0.1, 0.15) is 12.5 Å². The van der Waals surface area contributed by atoms with Gasteiger partial charge in [-0.15, -0.1) is 0 Å². The highest BCUT2D eigenvalue weighted by molar-refractivity contribution is 5.78. The fourth-order valence-corrected chi connectivity index (χ4v) is 2.07. The molecule has 0 aliphatic carbocycles. The lowest BCUT2D eigenvalue weighted by Gasteiger charge is -2.20. The quantitative estimate of drug-likeness (QED) is 0.866. The standard InChI is InChI=1S/C14H18FN3O3/c1-2-16-14(20)17-5-6-18-8-10-7-11(15)3-4-12(10)21-9-13(18)19/h3-4,7H,2,5-6,8-9H2,1H3,(H2,16,17,20). The average Bonchev–Trinajstić information content (AvgIpc) is 2.59. The van der Waals surface area contributed by atoms with E-state index in [4.69, 9.17) is 4.74 Å². The van der Waals surface area contributed by atoms with Crippen LogP contribution in [0.3, 0.4) is 0 Å². The van der Waals surface area contributed by atoms with Gasteiger partial charge in [-0.05, 0) is 25.1 Å². The van der Waals surface area contributed by atoms with Crippen LogP contribution in [0.4, 0.5) is 9.18 Å². The van der Waals surface area contributed by atoms with Crippen LogP contribution in [0.25, 0.3) is 0 Å². The number of nitrogens with zero attached hydrogens (tertiary/aromatic N) is 1. The van der Waals surface area contributed by atoms with Gasteiger partial charge in [0.05, 0.1) is 0 Å². The molecule has 0 saturated carbocycles. The molecule has 0 aromatic heterocycles. The fraction of sp³-hybridized carbons (Fsp3) is 0.429. The summed E-state index contributed by atoms with van der Waals surface area (Å²) in [5.41, 5.74) is 0.624. The van der Waals surface area contributed by atoms with Crippen molar-refractivity contribution in [1.82, 2.24) is 15.5 Å². The number of rotatable bonds is 4. The van der Waals surface area contributed by atoms with Crippen molar-refractivity contribution in [2.24, 2.45) is 0 Å². The van der Waals surface area contributed by atoms with Crippen LogP contribution < -0.4 is 15.4 Å². The highest BCUT2D eigenvalue weighted by Crippen LogP contribution is 2.23. The Labute approximate surface area is 122 Å². The van der Waals surface area contributed by atoms with E-state index in [0.717, 1.165) is 0 Å². The van der Waals surface area contributed by atoms with Crippen molar-refractivity contribution >= 4 is 11.9 Å². The summed E-state index contributed by atoms with van der Waals surface area (Å²) in [5.74, 6) is -0.0414. The second kappa shape index (κ2) is 6.92. The van der Waals surface area contributed by atoms with Gasteiger partial charge in [-0.1, -0.05) is 0 Å². The Morgan fingerprint density at radius 2 is 2.24 bits per heavy atom. The van der Waals surface area contributed by atoms with Crippen molar-refractivity contribution in [3.63, 3.8) is 0 Å². The molecule has 1 heterocycles. The minimum atomic E-state index is -0.368. The molecular weight excluding hydrogens is 277 g/mol. The molecule has 0 saturated heterocycles. The molecular formula is C14H18FN3O3. The highest BCUT2D eigenvalue weighted by Gasteiger charge is 2.21. The number of benzene rings is 1. The predicted molar refractivity (Wildman–Crippen MR) is 74.4 cm³/mol. The lowest BCUT2D eigenvalue weighted by molar-refractivity contribution is -0.133. The summed E-state index contributed by atoms with van der Waals surface area (Å²) in [6.07, 6.45) is 0. The molecule has 7 heteroatoms. The first kappa shape index (κ1) is 15.1. The molecule has 0 unspecified atom stereocenters. The van der Waals surface area contributed by atoms with Gasteiger partial charge in [0.2, 0.25) is 0 Å². The molecule has 1 aromatic carbocycles. The Kier molecular flexibility index (Phi) is 4.97. The largest absolute Gasteiger partial charge is 0.483 e. The molecule has 1 aliphatic heterocycles. The van der Waals surface area contributed by atoms with Crippen LogP contribution in [0.15, 0.2) is 18.2 Å². The molecule has 21 heavy (non-hydrogen) atoms. The zero-order valence-corrected chi connectivity index (χ0v) is 11.8. The van der Waals surface area contributed by atoms with Crippen LogP contribution in [-0.4, -0.2) is 43.1 Å². The third kappa shape index (κ3) is 4.08. The molecule has 2 N–H and O–H groups in total. The Hall–Kier alpha value is -2.31. The first-order valence-corrected chi connectivity index (χ1v) is 6.81. The molecule has 0 bridgehead atoms. The van der Waals surface area contributed by atoms with E-state index < -0.39 is 0 Å². The molecule has 0 spiro atoms. The highest BCUT2D eigenvalue weighted by atomic mass is 19.1. The maximum absolute atomic E-state index is 13.3. The monoisotopic (exact) mass is 295 g/mol. The Morgan fingerprint density at radius 1 is 1.43 bits per heavy atom. The van der Waals surface area contributed by atoms with Gasteiger partial charge >= 0.3 is 6.03 Å². The van der Waals surface area contributed by atoms with Crippen LogP contribution in [0, 0.1) is 5.82 Å². The number of carbonyl (C=O) groups is 2. The minimum Gasteiger partial charge on any atom is -0.483 e. The number of halogens is 1. The number of hydrogen-bond acceptors (Lipinski definition) is 3. The second-order valence-corrected chi connectivity index (χ2v) is 4.64. The van der Waals surface area contributed by atoms with Gasteiger partial charge in [0, 0.05) is 31.7 Å². The maximum atomic E-state index is 13.3. The topological polar surface area (TPSA) is 70.7 Å². The lowest BCUT2D eigenvalue weighted by Crippen LogP contribution is -2.42. The Balaban J connectivity index is 1.96. The van der Waals surface area contributed by atoms with Crippen LogP contribution in [-0.2, 0) is 11.3 Å². The van der Waals surface area contributed by atoms with Gasteiger partial charge in [0.1, 0.15) is 11.6 Å². The van der Waals surface area contributed by atoms with Gasteiger partial charge in [0.15, 0.2) is 6.61 Å². The summed E-state index contributed by atoms with van der Waals surface area (Å²) < 4.78 is 18.6. The summed E-state index contributed by atoms with van der Waals surface area (Å²) in [6, 6.07) is 3.91. The molecule has 3 amide bonds. The van der Waals surface area contributed by atoms with E-state index in [0.29, 0.717) is 30.9 Å². The van der Waals surface area contributed by atoms with Gasteiger partial charge in [-0.25, -0.2) is 9.18 Å². The molecule has 1 aromatic rings. The van der Waals surface area contributed by atoms with E-state index in [9.17, 15) is 14.0 Å². The SMILES string of the molecule is CCNC(=O)NCCN1Cc2cc(F)ccc2OCC1=O. The molecule has 114 valence electrons. The molecule has 0 fully saturated rings. The summed E-state index contributed by atoms with van der Waals surface area (Å²) in [7, 11) is 0. The van der Waals surface area contributed by atoms with Crippen molar-refractivity contribution < 1.29 is 18.7 Å². The van der Waals surface area contributed by atoms with Crippen LogP contribution >= 0.6 is 0 Å². The molecule has 2 rings (SSSR count). The zero-order valence-electron chi connectivity index (χ0n) is 11.8. The van der Waals surface area contributed by atoms with E-state index in [-0.39, 0.29) is 30.9 Å². The average molecular weight is 295 g/mol. The first-order chi connectivity index (χ1) is 10.1. The van der Waals surface area contributed by atoms with Crippen molar-refractivity contribution in [2.75, 3.05) is 26.2 Å². The van der Waals surface area contributed by atoms with E-state index in [1.807, 2.05) is 6.92 Å². The lowest BCUT2D eigenvalue weighted by atomic mass is 10.2. The molecule has 0 atom stereocenters. The van der Waals surface area contributed by atoms with E-state index in [2.05, 4.69) is 10.6 Å². The number of nitrogens with one attached hydrogen (secondary N) is 2. The number of carbonyl (C=O) groups excluding carboxylic acids is 2. The maximum Gasteiger partial charge on any atom is 0.314 e. The third-order valence-electron chi connectivity index (χ3n) is 3.09. The van der Waals surface area contributed by atoms with Crippen molar-refractivity contribution in [3.05, 3.63) is 29.6 Å². The van der Waals surface area contributed by atoms with E-state index >= 15 is 0 Å². The number of ether oxygens (including phenoxy) is 1. The van der Waals surface area contributed by atoms with Gasteiger partial charge < -0.3 is 20.3 Å². The molecule has 6 nitrogen and oxygen atoms in total. The minimum absolute atomic E-state index is 0.0835. The number of fused-ring (bicyclic) bond motifs is 1. The fourth-order valence-electron chi connectivity index (χ4n) is 2.07. The first-order valence-electron chi connectivity index (χ1n) is 6.81. The van der Waals surface area contributed by atoms with Gasteiger partial charge in [-0.3, -0.25) is 4.79 Å². The number of amides is 3. The molecule has 0 radical (unpaired) electrons. The normalized spacial score (nSPS) is 14.0. The summed E-state index contributed by atoms with van der Waals surface area (Å²) in [4.78, 5) is 24.8. The Morgan fingerprint density at radius 3 is 3.00 bits per heavy atom. The van der Waals surface area contributed by atoms with E-state index in [1.165, 1.54) is 23.1 Å². The van der Waals surface area contributed by atoms with Gasteiger partial charge in [-0.2, -0.15) is 0 Å². The molecule has 1 aliphatic rings. The zero-order chi connectivity index (χ0) is 15.2. The van der Waals surface area contributed by atoms with Crippen molar-refractivity contribution in [3.8, 4) is 5.75 Å². The number of hydrogen-bond donors (Lipinski definition) is 2. The summed E-state index contributed by atoms with van der Waals surface area (Å²) in [6.45, 7) is 3.20. The predicted octanol–water partition coefficient (Wildman–Crippen LogP) is 0.866. The van der Waals surface area contributed by atoms with Crippen LogP contribution in [0.2, 0.25) is 0 Å². The van der Waals surface area contributed by atoms with Crippen molar-refractivity contribution in [2.45, 2.75) is 13.5 Å². The third-order valence-corrected chi connectivity index (χ3v) is 3.09. The van der Waals surface area contributed by atoms with Crippen LogP contribution in [0.5, 0.6) is 5.75 Å². The smallest absolute Gasteiger partial charge is 0.314 e.